The van der Waals surface area contributed by atoms with Gasteiger partial charge in [0.1, 0.15) is 0 Å². The van der Waals surface area contributed by atoms with Gasteiger partial charge in [0.2, 0.25) is 0 Å². The average Bonchev–Trinajstić information content (AvgIpc) is 2.24. The molecule has 0 aromatic heterocycles. The van der Waals surface area contributed by atoms with Gasteiger partial charge in [-0.15, -0.1) is 0 Å². The molecular formula is C9H21N3O2. The number of carbonyl (C=O) groups excluding carboxylic acids is 1. The standard InChI is InChI=1S/C7H15N3O2.C2H6/c1-9-3-5-10(6-4-9)8-7(11)12-2;1-2/h3-6H2,1-2H3,(H,8,11);1-2H3. The maximum absolute atomic E-state index is 10.8. The minimum Gasteiger partial charge on any atom is -0.452 e. The second-order valence-electron chi connectivity index (χ2n) is 2.89. The first kappa shape index (κ1) is 13.2. The molecule has 1 aliphatic rings. The molecule has 0 unspecified atom stereocenters. The minimum absolute atomic E-state index is 0.389. The molecule has 0 aliphatic carbocycles. The van der Waals surface area contributed by atoms with Gasteiger partial charge in [-0.25, -0.2) is 9.80 Å². The molecule has 0 aromatic carbocycles. The van der Waals surface area contributed by atoms with Gasteiger partial charge < -0.3 is 9.64 Å². The Labute approximate surface area is 86.0 Å². The van der Waals surface area contributed by atoms with E-state index >= 15 is 0 Å². The fourth-order valence-electron chi connectivity index (χ4n) is 1.09. The van der Waals surface area contributed by atoms with E-state index in [4.69, 9.17) is 0 Å². The zero-order chi connectivity index (χ0) is 11.0. The highest BCUT2D eigenvalue weighted by atomic mass is 16.5. The predicted octanol–water partition coefficient (Wildman–Crippen LogP) is 0.531. The van der Waals surface area contributed by atoms with E-state index in [9.17, 15) is 4.79 Å². The summed E-state index contributed by atoms with van der Waals surface area (Å²) in [5.74, 6) is 0. The summed E-state index contributed by atoms with van der Waals surface area (Å²) in [6.07, 6.45) is -0.389. The van der Waals surface area contributed by atoms with Crippen molar-refractivity contribution in [1.82, 2.24) is 15.3 Å². The van der Waals surface area contributed by atoms with Crippen LogP contribution in [0.2, 0.25) is 0 Å². The van der Waals surface area contributed by atoms with Gasteiger partial charge in [-0.05, 0) is 7.05 Å². The van der Waals surface area contributed by atoms with Crippen LogP contribution in [0.15, 0.2) is 0 Å². The molecule has 1 rings (SSSR count). The van der Waals surface area contributed by atoms with Crippen molar-refractivity contribution < 1.29 is 9.53 Å². The van der Waals surface area contributed by atoms with E-state index in [0.717, 1.165) is 26.2 Å². The third kappa shape index (κ3) is 5.04. The van der Waals surface area contributed by atoms with Crippen LogP contribution in [0.3, 0.4) is 0 Å². The Morgan fingerprint density at radius 1 is 1.21 bits per heavy atom. The Kier molecular flexibility index (Phi) is 7.14. The highest BCUT2D eigenvalue weighted by Crippen LogP contribution is 1.95. The maximum atomic E-state index is 10.8. The number of nitrogens with zero attached hydrogens (tertiary/aromatic N) is 2. The molecule has 0 bridgehead atoms. The number of piperazine rings is 1. The van der Waals surface area contributed by atoms with E-state index < -0.39 is 0 Å². The summed E-state index contributed by atoms with van der Waals surface area (Å²) in [5.41, 5.74) is 2.63. The second kappa shape index (κ2) is 7.58. The van der Waals surface area contributed by atoms with E-state index in [1.807, 2.05) is 18.9 Å². The highest BCUT2D eigenvalue weighted by molar-refractivity contribution is 5.66. The molecule has 0 atom stereocenters. The van der Waals surface area contributed by atoms with Crippen LogP contribution >= 0.6 is 0 Å². The zero-order valence-corrected chi connectivity index (χ0v) is 9.54. The summed E-state index contributed by atoms with van der Waals surface area (Å²) < 4.78 is 4.47. The van der Waals surface area contributed by atoms with E-state index in [2.05, 4.69) is 22.1 Å². The van der Waals surface area contributed by atoms with Crippen LogP contribution in [0.1, 0.15) is 13.8 Å². The molecule has 1 saturated heterocycles. The second-order valence-corrected chi connectivity index (χ2v) is 2.89. The van der Waals surface area contributed by atoms with Gasteiger partial charge in [-0.3, -0.25) is 5.43 Å². The Hall–Kier alpha value is -0.810. The number of hydrazine groups is 1. The van der Waals surface area contributed by atoms with Crippen LogP contribution in [-0.2, 0) is 4.74 Å². The normalized spacial score (nSPS) is 18.0. The average molecular weight is 203 g/mol. The van der Waals surface area contributed by atoms with Gasteiger partial charge in [0.05, 0.1) is 7.11 Å². The SMILES string of the molecule is CC.COC(=O)NN1CCN(C)CC1. The van der Waals surface area contributed by atoms with Crippen molar-refractivity contribution >= 4 is 6.09 Å². The smallest absolute Gasteiger partial charge is 0.421 e. The van der Waals surface area contributed by atoms with Gasteiger partial charge in [0.15, 0.2) is 0 Å². The molecule has 5 nitrogen and oxygen atoms in total. The molecule has 1 fully saturated rings. The van der Waals surface area contributed by atoms with Crippen molar-refractivity contribution in [3.8, 4) is 0 Å². The van der Waals surface area contributed by atoms with Crippen molar-refractivity contribution in [3.05, 3.63) is 0 Å². The molecule has 0 aromatic rings. The Morgan fingerprint density at radius 3 is 2.14 bits per heavy atom. The first-order valence-corrected chi connectivity index (χ1v) is 5.00. The Balaban J connectivity index is 0.000000791. The predicted molar refractivity (Wildman–Crippen MR) is 56.0 cm³/mol. The number of methoxy groups -OCH3 is 1. The Morgan fingerprint density at radius 2 is 1.71 bits per heavy atom. The third-order valence-corrected chi connectivity index (χ3v) is 1.94. The first-order valence-electron chi connectivity index (χ1n) is 5.00. The van der Waals surface area contributed by atoms with Crippen molar-refractivity contribution in [2.24, 2.45) is 0 Å². The maximum Gasteiger partial charge on any atom is 0.421 e. The molecule has 1 aliphatic heterocycles. The molecule has 1 amide bonds. The number of rotatable bonds is 1. The van der Waals surface area contributed by atoms with Gasteiger partial charge >= 0.3 is 6.09 Å². The van der Waals surface area contributed by atoms with E-state index in [-0.39, 0.29) is 6.09 Å². The molecule has 84 valence electrons. The molecule has 0 radical (unpaired) electrons. The number of likely N-dealkylation sites (N-methyl/N-ethyl adjacent to an activating group) is 1. The van der Waals surface area contributed by atoms with E-state index in [1.165, 1.54) is 7.11 Å². The summed E-state index contributed by atoms with van der Waals surface area (Å²) >= 11 is 0. The molecule has 0 saturated carbocycles. The lowest BCUT2D eigenvalue weighted by Crippen LogP contribution is -2.52. The van der Waals surface area contributed by atoms with Crippen molar-refractivity contribution in [2.45, 2.75) is 13.8 Å². The van der Waals surface area contributed by atoms with Crippen molar-refractivity contribution in [2.75, 3.05) is 40.3 Å². The summed E-state index contributed by atoms with van der Waals surface area (Å²) in [6.45, 7) is 7.66. The lowest BCUT2D eigenvalue weighted by molar-refractivity contribution is 0.0863. The lowest BCUT2D eigenvalue weighted by atomic mass is 10.4. The van der Waals surface area contributed by atoms with Crippen LogP contribution in [0.25, 0.3) is 0 Å². The quantitative estimate of drug-likeness (QED) is 0.675. The summed E-state index contributed by atoms with van der Waals surface area (Å²) in [5, 5.41) is 1.87. The molecule has 1 heterocycles. The third-order valence-electron chi connectivity index (χ3n) is 1.94. The van der Waals surface area contributed by atoms with Gasteiger partial charge in [0.25, 0.3) is 0 Å². The fraction of sp³-hybridized carbons (Fsp3) is 0.889. The topological polar surface area (TPSA) is 44.8 Å². The highest BCUT2D eigenvalue weighted by Gasteiger charge is 2.15. The van der Waals surface area contributed by atoms with Crippen molar-refractivity contribution in [3.63, 3.8) is 0 Å². The lowest BCUT2D eigenvalue weighted by Gasteiger charge is -2.31. The molecule has 1 N–H and O–H groups in total. The molecular weight excluding hydrogens is 182 g/mol. The molecule has 14 heavy (non-hydrogen) atoms. The van der Waals surface area contributed by atoms with Crippen LogP contribution in [0.5, 0.6) is 0 Å². The van der Waals surface area contributed by atoms with E-state index in [0.29, 0.717) is 0 Å². The number of ether oxygens (including phenoxy) is 1. The molecule has 5 heteroatoms. The van der Waals surface area contributed by atoms with Gasteiger partial charge in [0, 0.05) is 26.2 Å². The van der Waals surface area contributed by atoms with Crippen LogP contribution in [0.4, 0.5) is 4.79 Å². The summed E-state index contributed by atoms with van der Waals surface area (Å²) in [4.78, 5) is 13.0. The van der Waals surface area contributed by atoms with Gasteiger partial charge in [-0.1, -0.05) is 13.8 Å². The monoisotopic (exact) mass is 203 g/mol. The van der Waals surface area contributed by atoms with Crippen molar-refractivity contribution in [1.29, 1.82) is 0 Å². The number of hydrogen-bond donors (Lipinski definition) is 1. The fourth-order valence-corrected chi connectivity index (χ4v) is 1.09. The Bertz CT molecular complexity index is 156. The zero-order valence-electron chi connectivity index (χ0n) is 9.54. The number of nitrogens with one attached hydrogen (secondary N) is 1. The molecule has 0 spiro atoms. The van der Waals surface area contributed by atoms with Crippen LogP contribution in [0, 0.1) is 0 Å². The largest absolute Gasteiger partial charge is 0.452 e. The van der Waals surface area contributed by atoms with Crippen LogP contribution in [-0.4, -0.2) is 56.3 Å². The first-order chi connectivity index (χ1) is 6.72. The summed E-state index contributed by atoms with van der Waals surface area (Å²) in [6, 6.07) is 0. The number of amides is 1. The summed E-state index contributed by atoms with van der Waals surface area (Å²) in [7, 11) is 3.43. The number of hydrogen-bond acceptors (Lipinski definition) is 4. The van der Waals surface area contributed by atoms with Crippen LogP contribution < -0.4 is 5.43 Å². The minimum atomic E-state index is -0.389. The van der Waals surface area contributed by atoms with Gasteiger partial charge in [-0.2, -0.15) is 0 Å². The number of carbonyl (C=O) groups is 1. The van der Waals surface area contributed by atoms with E-state index in [1.54, 1.807) is 0 Å².